The Morgan fingerprint density at radius 1 is 1.16 bits per heavy atom. The first-order valence-corrected chi connectivity index (χ1v) is 11.5. The molecule has 0 amide bonds. The summed E-state index contributed by atoms with van der Waals surface area (Å²) in [7, 11) is 2.00. The zero-order valence-corrected chi connectivity index (χ0v) is 18.7. The van der Waals surface area contributed by atoms with Crippen molar-refractivity contribution in [3.05, 3.63) is 53.3 Å². The Labute approximate surface area is 185 Å². The van der Waals surface area contributed by atoms with Crippen LogP contribution in [0.3, 0.4) is 0 Å². The Bertz CT molecular complexity index is 1210. The van der Waals surface area contributed by atoms with Crippen molar-refractivity contribution in [1.82, 2.24) is 19.6 Å². The molecule has 1 atom stereocenters. The number of benzene rings is 1. The third-order valence-electron chi connectivity index (χ3n) is 5.93. The van der Waals surface area contributed by atoms with E-state index in [1.807, 2.05) is 16.9 Å². The number of nitrogens with zero attached hydrogens (tertiary/aromatic N) is 6. The Morgan fingerprint density at radius 3 is 2.68 bits per heavy atom. The van der Waals surface area contributed by atoms with Crippen molar-refractivity contribution in [2.45, 2.75) is 39.2 Å². The smallest absolute Gasteiger partial charge is 0.191 e. The Balaban J connectivity index is 1.54. The van der Waals surface area contributed by atoms with Gasteiger partial charge >= 0.3 is 0 Å². The van der Waals surface area contributed by atoms with E-state index in [0.717, 1.165) is 52.3 Å². The van der Waals surface area contributed by atoms with Crippen LogP contribution in [0.15, 0.2) is 41.8 Å². The minimum absolute atomic E-state index is 0.246. The van der Waals surface area contributed by atoms with Crippen molar-refractivity contribution < 1.29 is 4.39 Å². The molecule has 0 radical (unpaired) electrons. The highest BCUT2D eigenvalue weighted by atomic mass is 32.1. The molecule has 1 fully saturated rings. The highest BCUT2D eigenvalue weighted by Gasteiger charge is 2.24. The van der Waals surface area contributed by atoms with Gasteiger partial charge in [-0.2, -0.15) is 4.52 Å². The van der Waals surface area contributed by atoms with Gasteiger partial charge in [-0.1, -0.05) is 6.92 Å². The quantitative estimate of drug-likeness (QED) is 0.424. The van der Waals surface area contributed by atoms with E-state index in [1.165, 1.54) is 25.0 Å². The molecule has 31 heavy (non-hydrogen) atoms. The lowest BCUT2D eigenvalue weighted by Crippen LogP contribution is -2.27. The molecule has 0 N–H and O–H groups in total. The van der Waals surface area contributed by atoms with Gasteiger partial charge in [0.05, 0.1) is 11.4 Å². The number of halogens is 1. The lowest BCUT2D eigenvalue weighted by molar-refractivity contribution is 0.628. The van der Waals surface area contributed by atoms with Crippen molar-refractivity contribution in [2.75, 3.05) is 23.4 Å². The van der Waals surface area contributed by atoms with Gasteiger partial charge in [-0.25, -0.2) is 14.4 Å². The maximum absolute atomic E-state index is 13.3. The summed E-state index contributed by atoms with van der Waals surface area (Å²) >= 11 is 1.55. The van der Waals surface area contributed by atoms with Crippen molar-refractivity contribution in [3.63, 3.8) is 0 Å². The van der Waals surface area contributed by atoms with Gasteiger partial charge in [0.2, 0.25) is 0 Å². The van der Waals surface area contributed by atoms with Gasteiger partial charge in [-0.05, 0) is 62.6 Å². The van der Waals surface area contributed by atoms with E-state index in [9.17, 15) is 4.39 Å². The molecule has 1 aliphatic heterocycles. The summed E-state index contributed by atoms with van der Waals surface area (Å²) in [6, 6.07) is 11.1. The van der Waals surface area contributed by atoms with Crippen molar-refractivity contribution in [1.29, 1.82) is 0 Å². The van der Waals surface area contributed by atoms with E-state index in [0.29, 0.717) is 6.04 Å². The number of aromatic nitrogens is 4. The fourth-order valence-corrected chi connectivity index (χ4v) is 5.02. The summed E-state index contributed by atoms with van der Waals surface area (Å²) in [4.78, 5) is 14.0. The molecule has 3 aromatic heterocycles. The zero-order valence-electron chi connectivity index (χ0n) is 17.9. The van der Waals surface area contributed by atoms with Gasteiger partial charge in [0.25, 0.3) is 0 Å². The van der Waals surface area contributed by atoms with Gasteiger partial charge < -0.3 is 9.80 Å². The van der Waals surface area contributed by atoms with Gasteiger partial charge in [-0.3, -0.25) is 0 Å². The predicted octanol–water partition coefficient (Wildman–Crippen LogP) is 5.31. The highest BCUT2D eigenvalue weighted by Crippen LogP contribution is 2.34. The van der Waals surface area contributed by atoms with Gasteiger partial charge in [0.15, 0.2) is 16.6 Å². The normalized spacial score (nSPS) is 16.4. The second kappa shape index (κ2) is 7.92. The van der Waals surface area contributed by atoms with E-state index in [1.54, 1.807) is 23.5 Å². The molecule has 5 rings (SSSR count). The lowest BCUT2D eigenvalue weighted by atomic mass is 10.2. The maximum atomic E-state index is 13.3. The molecule has 0 aliphatic carbocycles. The fourth-order valence-electron chi connectivity index (χ4n) is 4.22. The molecule has 1 aromatic carbocycles. The molecule has 0 spiro atoms. The summed E-state index contributed by atoms with van der Waals surface area (Å²) in [5.41, 5.74) is 3.55. The van der Waals surface area contributed by atoms with Crippen LogP contribution in [-0.4, -0.2) is 39.2 Å². The van der Waals surface area contributed by atoms with E-state index < -0.39 is 0 Å². The molecule has 1 saturated heterocycles. The highest BCUT2D eigenvalue weighted by molar-refractivity contribution is 7.14. The number of fused-ring (bicyclic) bond motifs is 1. The van der Waals surface area contributed by atoms with E-state index in [2.05, 4.69) is 35.8 Å². The Kier molecular flexibility index (Phi) is 5.09. The van der Waals surface area contributed by atoms with Crippen molar-refractivity contribution in [2.24, 2.45) is 0 Å². The van der Waals surface area contributed by atoms with Crippen LogP contribution in [0.5, 0.6) is 0 Å². The topological polar surface area (TPSA) is 49.6 Å². The molecule has 4 heterocycles. The average Bonchev–Trinajstić information content (AvgIpc) is 3.51. The molecule has 160 valence electrons. The molecule has 8 heteroatoms. The minimum Gasteiger partial charge on any atom is -0.352 e. The molecule has 0 bridgehead atoms. The Morgan fingerprint density at radius 2 is 1.97 bits per heavy atom. The van der Waals surface area contributed by atoms with Gasteiger partial charge in [0, 0.05) is 30.6 Å². The van der Waals surface area contributed by atoms with E-state index >= 15 is 0 Å². The summed E-state index contributed by atoms with van der Waals surface area (Å²) in [6.45, 7) is 5.39. The molecular formula is C23H25FN6S. The second-order valence-corrected chi connectivity index (χ2v) is 8.80. The largest absolute Gasteiger partial charge is 0.352 e. The number of hydrogen-bond acceptors (Lipinski definition) is 6. The van der Waals surface area contributed by atoms with E-state index in [-0.39, 0.29) is 5.82 Å². The summed E-state index contributed by atoms with van der Waals surface area (Å²) in [5.74, 6) is 1.67. The molecular weight excluding hydrogens is 411 g/mol. The molecule has 6 nitrogen and oxygen atoms in total. The standard InChI is InChI=1S/C23H25FN6S/c1-4-18-22(28(3)23-26-19(14-31-23)16-7-9-17(24)10-8-16)30-20(25-18)11-12-21(27-30)29-13-5-6-15(29)2/h7-12,14-15H,4-6,13H2,1-3H3. The predicted molar refractivity (Wildman–Crippen MR) is 124 cm³/mol. The molecule has 0 saturated carbocycles. The summed E-state index contributed by atoms with van der Waals surface area (Å²) < 4.78 is 15.2. The number of rotatable bonds is 5. The molecule has 1 unspecified atom stereocenters. The lowest BCUT2D eigenvalue weighted by Gasteiger charge is -2.23. The van der Waals surface area contributed by atoms with Crippen LogP contribution in [-0.2, 0) is 6.42 Å². The number of thiazole rings is 1. The fraction of sp³-hybridized carbons (Fsp3) is 0.348. The molecule has 1 aliphatic rings. The minimum atomic E-state index is -0.246. The first-order valence-electron chi connectivity index (χ1n) is 10.7. The van der Waals surface area contributed by atoms with Gasteiger partial charge in [-0.15, -0.1) is 16.4 Å². The monoisotopic (exact) mass is 436 g/mol. The van der Waals surface area contributed by atoms with Crippen LogP contribution in [0.4, 0.5) is 21.2 Å². The summed E-state index contributed by atoms with van der Waals surface area (Å²) in [6.07, 6.45) is 3.19. The second-order valence-electron chi connectivity index (χ2n) is 7.96. The molecule has 4 aromatic rings. The number of imidazole rings is 1. The number of anilines is 3. The SMILES string of the molecule is CCc1nc2ccc(N3CCCC3C)nn2c1N(C)c1nc(-c2ccc(F)cc2)cs1. The third-order valence-corrected chi connectivity index (χ3v) is 6.85. The number of hydrogen-bond donors (Lipinski definition) is 0. The van der Waals surface area contributed by atoms with Crippen LogP contribution < -0.4 is 9.80 Å². The van der Waals surface area contributed by atoms with Crippen LogP contribution in [0.1, 0.15) is 32.4 Å². The van der Waals surface area contributed by atoms with Crippen LogP contribution in [0.25, 0.3) is 16.9 Å². The van der Waals surface area contributed by atoms with Crippen LogP contribution in [0, 0.1) is 5.82 Å². The third kappa shape index (κ3) is 3.54. The van der Waals surface area contributed by atoms with Crippen LogP contribution >= 0.6 is 11.3 Å². The van der Waals surface area contributed by atoms with Gasteiger partial charge in [0.1, 0.15) is 11.6 Å². The first kappa shape index (κ1) is 19.9. The van der Waals surface area contributed by atoms with Crippen molar-refractivity contribution >= 4 is 33.8 Å². The maximum Gasteiger partial charge on any atom is 0.191 e. The Hall–Kier alpha value is -3.00. The van der Waals surface area contributed by atoms with Crippen LogP contribution in [0.2, 0.25) is 0 Å². The van der Waals surface area contributed by atoms with Crippen molar-refractivity contribution in [3.8, 4) is 11.3 Å². The summed E-state index contributed by atoms with van der Waals surface area (Å²) in [5, 5.41) is 7.81. The number of aryl methyl sites for hydroxylation is 1. The zero-order chi connectivity index (χ0) is 21.5. The average molecular weight is 437 g/mol. The first-order chi connectivity index (χ1) is 15.0. The van der Waals surface area contributed by atoms with E-state index in [4.69, 9.17) is 15.1 Å².